The summed E-state index contributed by atoms with van der Waals surface area (Å²) in [4.78, 5) is 0. The SMILES string of the molecule is [2H]c1ccc2c(c1)c1cc([2H])ccc1n2C. The molecule has 0 atom stereocenters. The summed E-state index contributed by atoms with van der Waals surface area (Å²) in [6, 6.07) is 12.2. The van der Waals surface area contributed by atoms with Crippen LogP contribution in [-0.2, 0) is 7.05 Å². The van der Waals surface area contributed by atoms with E-state index < -0.39 is 0 Å². The Labute approximate surface area is 85.4 Å². The van der Waals surface area contributed by atoms with Gasteiger partial charge in [0.25, 0.3) is 0 Å². The molecule has 0 radical (unpaired) electrons. The lowest BCUT2D eigenvalue weighted by atomic mass is 10.2. The molecule has 1 nitrogen and oxygen atoms in total. The van der Waals surface area contributed by atoms with Crippen LogP contribution in [0.2, 0.25) is 0 Å². The van der Waals surface area contributed by atoms with Crippen LogP contribution < -0.4 is 0 Å². The Bertz CT molecular complexity index is 639. The summed E-state index contributed by atoms with van der Waals surface area (Å²) >= 11 is 0. The van der Waals surface area contributed by atoms with E-state index in [1.807, 2.05) is 31.3 Å². The molecule has 0 N–H and O–H groups in total. The molecule has 0 bridgehead atoms. The predicted octanol–water partition coefficient (Wildman–Crippen LogP) is 3.33. The number of para-hydroxylation sites is 2. The fraction of sp³-hybridized carbons (Fsp3) is 0.0769. The Kier molecular flexibility index (Phi) is 1.09. The lowest BCUT2D eigenvalue weighted by Crippen LogP contribution is -1.84. The maximum Gasteiger partial charge on any atom is 0.0623 e. The Morgan fingerprint density at radius 2 is 1.43 bits per heavy atom. The largest absolute Gasteiger partial charge is 0.344 e. The normalized spacial score (nSPS) is 13.2. The summed E-state index contributed by atoms with van der Waals surface area (Å²) in [7, 11) is 2.01. The molecule has 0 amide bonds. The summed E-state index contributed by atoms with van der Waals surface area (Å²) in [6.07, 6.45) is 0. The van der Waals surface area contributed by atoms with Gasteiger partial charge in [-0.3, -0.25) is 0 Å². The lowest BCUT2D eigenvalue weighted by Gasteiger charge is -1.95. The highest BCUT2D eigenvalue weighted by molar-refractivity contribution is 6.07. The highest BCUT2D eigenvalue weighted by Gasteiger charge is 2.04. The minimum absolute atomic E-state index is 0.510. The molecule has 0 fully saturated rings. The van der Waals surface area contributed by atoms with Gasteiger partial charge in [-0.05, 0) is 12.1 Å². The molecule has 0 saturated heterocycles. The smallest absolute Gasteiger partial charge is 0.0623 e. The third-order valence-corrected chi connectivity index (χ3v) is 2.69. The van der Waals surface area contributed by atoms with Crippen LogP contribution >= 0.6 is 0 Å². The first-order chi connectivity index (χ1) is 7.66. The van der Waals surface area contributed by atoms with Gasteiger partial charge in [0, 0.05) is 28.9 Å². The van der Waals surface area contributed by atoms with Crippen LogP contribution in [0, 0.1) is 0 Å². The number of benzene rings is 2. The van der Waals surface area contributed by atoms with Crippen LogP contribution in [0.15, 0.2) is 48.5 Å². The van der Waals surface area contributed by atoms with Gasteiger partial charge in [0.05, 0.1) is 2.74 Å². The van der Waals surface area contributed by atoms with Gasteiger partial charge in [0.2, 0.25) is 0 Å². The maximum atomic E-state index is 7.66. The number of hydrogen-bond acceptors (Lipinski definition) is 0. The van der Waals surface area contributed by atoms with Crippen LogP contribution in [0.5, 0.6) is 0 Å². The standard InChI is InChI=1S/C13H11N/c1-14-12-8-4-2-6-10(12)11-7-3-5-9-13(11)14/h2-9H,1H3/i2D,3D. The second-order valence-electron chi connectivity index (χ2n) is 3.45. The average molecular weight is 183 g/mol. The van der Waals surface area contributed by atoms with E-state index in [-0.39, 0.29) is 0 Å². The Balaban J connectivity index is 2.60. The van der Waals surface area contributed by atoms with Crippen molar-refractivity contribution in [3.8, 4) is 0 Å². The summed E-state index contributed by atoms with van der Waals surface area (Å²) in [5.74, 6) is 0. The fourth-order valence-corrected chi connectivity index (χ4v) is 1.99. The van der Waals surface area contributed by atoms with E-state index in [4.69, 9.17) is 2.74 Å². The van der Waals surface area contributed by atoms with E-state index in [0.717, 1.165) is 21.8 Å². The van der Waals surface area contributed by atoms with Gasteiger partial charge in [-0.15, -0.1) is 0 Å². The zero-order valence-corrected chi connectivity index (χ0v) is 7.91. The molecule has 0 aliphatic rings. The molecule has 1 heteroatoms. The molecule has 3 rings (SSSR count). The van der Waals surface area contributed by atoms with Gasteiger partial charge in [0.1, 0.15) is 0 Å². The Hall–Kier alpha value is -1.76. The van der Waals surface area contributed by atoms with Crippen molar-refractivity contribution in [2.45, 2.75) is 0 Å². The van der Waals surface area contributed by atoms with E-state index in [9.17, 15) is 0 Å². The number of aryl methyl sites for hydroxylation is 1. The zero-order valence-electron chi connectivity index (χ0n) is 9.91. The molecule has 0 unspecified atom stereocenters. The van der Waals surface area contributed by atoms with Gasteiger partial charge in [-0.25, -0.2) is 0 Å². The first-order valence-corrected chi connectivity index (χ1v) is 4.62. The summed E-state index contributed by atoms with van der Waals surface area (Å²) in [6.45, 7) is 0. The van der Waals surface area contributed by atoms with Crippen LogP contribution in [0.25, 0.3) is 21.8 Å². The van der Waals surface area contributed by atoms with Crippen molar-refractivity contribution in [1.82, 2.24) is 4.57 Å². The van der Waals surface area contributed by atoms with Crippen LogP contribution in [0.1, 0.15) is 2.74 Å². The highest BCUT2D eigenvalue weighted by atomic mass is 14.9. The topological polar surface area (TPSA) is 4.93 Å². The molecule has 14 heavy (non-hydrogen) atoms. The van der Waals surface area contributed by atoms with Crippen LogP contribution in [0.4, 0.5) is 0 Å². The molecule has 0 aliphatic heterocycles. The summed E-state index contributed by atoms with van der Waals surface area (Å²) in [5, 5.41) is 2.11. The van der Waals surface area contributed by atoms with Crippen molar-refractivity contribution >= 4 is 21.8 Å². The molecule has 68 valence electrons. The summed E-state index contributed by atoms with van der Waals surface area (Å²) in [5.41, 5.74) is 2.22. The molecule has 0 aliphatic carbocycles. The van der Waals surface area contributed by atoms with Crippen molar-refractivity contribution in [2.24, 2.45) is 7.05 Å². The molecule has 0 saturated carbocycles. The van der Waals surface area contributed by atoms with E-state index in [2.05, 4.69) is 4.57 Å². The third-order valence-electron chi connectivity index (χ3n) is 2.69. The molecular formula is C13H11N. The van der Waals surface area contributed by atoms with Crippen molar-refractivity contribution in [2.75, 3.05) is 0 Å². The molecule has 2 aromatic carbocycles. The highest BCUT2D eigenvalue weighted by Crippen LogP contribution is 2.26. The molecule has 0 spiro atoms. The van der Waals surface area contributed by atoms with Gasteiger partial charge in [0.15, 0.2) is 0 Å². The van der Waals surface area contributed by atoms with E-state index >= 15 is 0 Å². The second kappa shape index (κ2) is 2.61. The molecular weight excluding hydrogens is 170 g/mol. The van der Waals surface area contributed by atoms with Crippen molar-refractivity contribution in [1.29, 1.82) is 0 Å². The fourth-order valence-electron chi connectivity index (χ4n) is 1.99. The van der Waals surface area contributed by atoms with Gasteiger partial charge in [-0.2, -0.15) is 0 Å². The molecule has 3 aromatic rings. The van der Waals surface area contributed by atoms with Gasteiger partial charge >= 0.3 is 0 Å². The number of hydrogen-bond donors (Lipinski definition) is 0. The monoisotopic (exact) mass is 183 g/mol. The second-order valence-corrected chi connectivity index (χ2v) is 3.45. The van der Waals surface area contributed by atoms with Crippen molar-refractivity contribution in [3.63, 3.8) is 0 Å². The quantitative estimate of drug-likeness (QED) is 0.504. The Morgan fingerprint density at radius 3 is 1.93 bits per heavy atom. The van der Waals surface area contributed by atoms with Crippen LogP contribution in [0.3, 0.4) is 0 Å². The van der Waals surface area contributed by atoms with Gasteiger partial charge in [-0.1, -0.05) is 36.4 Å². The minimum Gasteiger partial charge on any atom is -0.344 e. The number of nitrogens with zero attached hydrogens (tertiary/aromatic N) is 1. The van der Waals surface area contributed by atoms with Crippen molar-refractivity contribution < 1.29 is 2.74 Å². The zero-order chi connectivity index (χ0) is 11.3. The molecule has 1 heterocycles. The third kappa shape index (κ3) is 0.841. The number of rotatable bonds is 0. The number of fused-ring (bicyclic) bond motifs is 3. The maximum absolute atomic E-state index is 7.66. The average Bonchev–Trinajstić information content (AvgIpc) is 2.52. The summed E-state index contributed by atoms with van der Waals surface area (Å²) < 4.78 is 17.4. The first kappa shape index (κ1) is 5.86. The van der Waals surface area contributed by atoms with E-state index in [0.29, 0.717) is 12.1 Å². The molecule has 1 aromatic heterocycles. The van der Waals surface area contributed by atoms with Gasteiger partial charge < -0.3 is 4.57 Å². The Morgan fingerprint density at radius 1 is 0.929 bits per heavy atom. The van der Waals surface area contributed by atoms with Crippen LogP contribution in [-0.4, -0.2) is 4.57 Å². The lowest BCUT2D eigenvalue weighted by molar-refractivity contribution is 1.01. The predicted molar refractivity (Wildman–Crippen MR) is 60.4 cm³/mol. The van der Waals surface area contributed by atoms with E-state index in [1.165, 1.54) is 0 Å². The van der Waals surface area contributed by atoms with Crippen molar-refractivity contribution in [3.05, 3.63) is 48.5 Å². The number of aromatic nitrogens is 1. The first-order valence-electron chi connectivity index (χ1n) is 5.62. The minimum atomic E-state index is 0.510. The van der Waals surface area contributed by atoms with E-state index in [1.54, 1.807) is 12.1 Å².